The summed E-state index contributed by atoms with van der Waals surface area (Å²) in [5, 5.41) is 8.26. The van der Waals surface area contributed by atoms with Gasteiger partial charge in [-0.2, -0.15) is 5.10 Å². The second kappa shape index (κ2) is 10.7. The molecular formula is C33H35FN6O3. The normalized spacial score (nSPS) is 21.5. The zero-order chi connectivity index (χ0) is 30.6. The molecule has 10 heteroatoms. The molecule has 222 valence electrons. The van der Waals surface area contributed by atoms with Crippen LogP contribution in [0.25, 0.3) is 22.0 Å². The molecule has 1 aliphatic heterocycles. The zero-order valence-electron chi connectivity index (χ0n) is 25.0. The maximum atomic E-state index is 14.2. The molecule has 2 aromatic carbocycles. The van der Waals surface area contributed by atoms with E-state index in [9.17, 15) is 18.8 Å². The Morgan fingerprint density at radius 3 is 2.51 bits per heavy atom. The van der Waals surface area contributed by atoms with E-state index in [0.29, 0.717) is 35.1 Å². The number of hydrogen-bond acceptors (Lipinski definition) is 6. The lowest BCUT2D eigenvalue weighted by atomic mass is 10.0. The molecule has 0 bridgehead atoms. The van der Waals surface area contributed by atoms with Gasteiger partial charge in [0.1, 0.15) is 29.9 Å². The minimum absolute atomic E-state index is 0.0269. The summed E-state index contributed by atoms with van der Waals surface area (Å²) in [6.07, 6.45) is 5.25. The van der Waals surface area contributed by atoms with Crippen LogP contribution in [0.2, 0.25) is 0 Å². The number of Topliss-reactive ketones (excluding diaryl/α,β-unsaturated/α-hetero) is 1. The van der Waals surface area contributed by atoms with E-state index in [1.807, 2.05) is 32.9 Å². The van der Waals surface area contributed by atoms with Crippen molar-refractivity contribution in [3.8, 4) is 11.1 Å². The largest absolute Gasteiger partial charge is 0.352 e. The Balaban J connectivity index is 1.26. The van der Waals surface area contributed by atoms with E-state index in [2.05, 4.69) is 27.3 Å². The maximum Gasteiger partial charge on any atom is 0.245 e. The highest BCUT2D eigenvalue weighted by Crippen LogP contribution is 2.59. The summed E-state index contributed by atoms with van der Waals surface area (Å²) in [6, 6.07) is 9.44. The minimum Gasteiger partial charge on any atom is -0.352 e. The fourth-order valence-corrected chi connectivity index (χ4v) is 6.56. The Hall–Kier alpha value is -4.47. The van der Waals surface area contributed by atoms with Crippen LogP contribution >= 0.6 is 0 Å². The number of nitrogens with one attached hydrogen (secondary N) is 1. The molecule has 0 radical (unpaired) electrons. The molecule has 2 fully saturated rings. The van der Waals surface area contributed by atoms with Gasteiger partial charge in [-0.1, -0.05) is 25.1 Å². The maximum absolute atomic E-state index is 14.2. The van der Waals surface area contributed by atoms with Gasteiger partial charge in [-0.05, 0) is 80.3 Å². The second-order valence-electron chi connectivity index (χ2n) is 12.4. The number of piperidine rings is 1. The molecule has 1 aliphatic carbocycles. The predicted molar refractivity (Wildman–Crippen MR) is 160 cm³/mol. The molecule has 2 amide bonds. The van der Waals surface area contributed by atoms with E-state index in [1.54, 1.807) is 40.2 Å². The van der Waals surface area contributed by atoms with Crippen molar-refractivity contribution in [1.29, 1.82) is 0 Å². The number of amides is 2. The van der Waals surface area contributed by atoms with Crippen molar-refractivity contribution in [3.05, 3.63) is 77.3 Å². The van der Waals surface area contributed by atoms with Crippen molar-refractivity contribution in [2.24, 2.45) is 5.41 Å². The van der Waals surface area contributed by atoms with Gasteiger partial charge in [0.2, 0.25) is 11.8 Å². The Kier molecular flexibility index (Phi) is 7.10. The van der Waals surface area contributed by atoms with Gasteiger partial charge >= 0.3 is 0 Å². The van der Waals surface area contributed by atoms with E-state index in [0.717, 1.165) is 23.1 Å². The zero-order valence-corrected chi connectivity index (χ0v) is 25.0. The van der Waals surface area contributed by atoms with Crippen molar-refractivity contribution in [2.75, 3.05) is 0 Å². The summed E-state index contributed by atoms with van der Waals surface area (Å²) in [7, 11) is 0. The first-order valence-corrected chi connectivity index (χ1v) is 14.6. The first-order valence-electron chi connectivity index (χ1n) is 14.6. The number of nitrogens with zero attached hydrogens (tertiary/aromatic N) is 5. The molecule has 4 atom stereocenters. The first kappa shape index (κ1) is 28.6. The molecule has 9 nitrogen and oxygen atoms in total. The van der Waals surface area contributed by atoms with Gasteiger partial charge in [0.05, 0.1) is 5.52 Å². The molecule has 1 N–H and O–H groups in total. The molecule has 1 unspecified atom stereocenters. The van der Waals surface area contributed by atoms with Crippen LogP contribution in [0.5, 0.6) is 0 Å². The van der Waals surface area contributed by atoms with Crippen molar-refractivity contribution >= 4 is 28.5 Å². The van der Waals surface area contributed by atoms with E-state index in [4.69, 9.17) is 0 Å². The van der Waals surface area contributed by atoms with Gasteiger partial charge in [-0.15, -0.1) is 0 Å². The molecular weight excluding hydrogens is 547 g/mol. The number of ketones is 1. The van der Waals surface area contributed by atoms with Crippen LogP contribution in [0.1, 0.15) is 61.1 Å². The average molecular weight is 583 g/mol. The van der Waals surface area contributed by atoms with Gasteiger partial charge in [0, 0.05) is 42.4 Å². The number of fused-ring (bicyclic) bond motifs is 2. The molecule has 1 saturated heterocycles. The number of rotatable bonds is 8. The van der Waals surface area contributed by atoms with Crippen LogP contribution in [-0.2, 0) is 22.6 Å². The third-order valence-corrected chi connectivity index (χ3v) is 8.87. The van der Waals surface area contributed by atoms with Gasteiger partial charge in [-0.25, -0.2) is 14.4 Å². The second-order valence-corrected chi connectivity index (χ2v) is 12.4. The van der Waals surface area contributed by atoms with Crippen molar-refractivity contribution in [3.63, 3.8) is 0 Å². The minimum atomic E-state index is -0.623. The first-order chi connectivity index (χ1) is 20.4. The number of benzene rings is 2. The number of aryl methyl sites for hydroxylation is 2. The molecule has 4 aromatic rings. The smallest absolute Gasteiger partial charge is 0.245 e. The van der Waals surface area contributed by atoms with Crippen LogP contribution in [0.3, 0.4) is 0 Å². The summed E-state index contributed by atoms with van der Waals surface area (Å²) >= 11 is 0. The summed E-state index contributed by atoms with van der Waals surface area (Å²) in [6.45, 7) is 9.05. The molecule has 43 heavy (non-hydrogen) atoms. The Labute approximate surface area is 249 Å². The lowest BCUT2D eigenvalue weighted by Gasteiger charge is -2.28. The Morgan fingerprint density at radius 2 is 1.81 bits per heavy atom. The van der Waals surface area contributed by atoms with E-state index in [-0.39, 0.29) is 53.2 Å². The molecule has 1 saturated carbocycles. The van der Waals surface area contributed by atoms with Crippen LogP contribution in [-0.4, -0.2) is 60.4 Å². The highest BCUT2D eigenvalue weighted by molar-refractivity contribution is 6.07. The van der Waals surface area contributed by atoms with Crippen molar-refractivity contribution in [2.45, 2.75) is 78.6 Å². The summed E-state index contributed by atoms with van der Waals surface area (Å²) in [5.41, 5.74) is 3.94. The summed E-state index contributed by atoms with van der Waals surface area (Å²) in [4.78, 5) is 50.3. The number of halogens is 1. The lowest BCUT2D eigenvalue weighted by molar-refractivity contribution is -0.140. The van der Waals surface area contributed by atoms with Crippen molar-refractivity contribution < 1.29 is 18.8 Å². The van der Waals surface area contributed by atoms with Crippen molar-refractivity contribution in [1.82, 2.24) is 30.0 Å². The molecule has 6 rings (SSSR count). The highest BCUT2D eigenvalue weighted by Gasteiger charge is 2.64. The molecule has 2 aliphatic rings. The Bertz CT molecular complexity index is 1770. The van der Waals surface area contributed by atoms with E-state index in [1.165, 1.54) is 13.0 Å². The SMILES string of the molecule is CC(=O)c1nn(CC(=O)N2[C@H](C(=O)NC(C)Cc3ccccc3F)C[C@@]3(C)C[C@@H]23)c2c(C)cc(-c3cnc(C)nc3)cc12. The number of carbonyl (C=O) groups is 3. The van der Waals surface area contributed by atoms with Gasteiger partial charge in [0.15, 0.2) is 5.78 Å². The van der Waals surface area contributed by atoms with Crippen LogP contribution < -0.4 is 5.32 Å². The topological polar surface area (TPSA) is 110 Å². The lowest BCUT2D eigenvalue weighted by Crippen LogP contribution is -2.51. The van der Waals surface area contributed by atoms with Crippen LogP contribution in [0.4, 0.5) is 4.39 Å². The third kappa shape index (κ3) is 5.30. The fourth-order valence-electron chi connectivity index (χ4n) is 6.56. The highest BCUT2D eigenvalue weighted by atomic mass is 19.1. The third-order valence-electron chi connectivity index (χ3n) is 8.87. The Morgan fingerprint density at radius 1 is 1.09 bits per heavy atom. The summed E-state index contributed by atoms with van der Waals surface area (Å²) in [5.74, 6) is -0.298. The van der Waals surface area contributed by atoms with E-state index < -0.39 is 6.04 Å². The molecule has 0 spiro atoms. The molecule has 3 heterocycles. The predicted octanol–water partition coefficient (Wildman–Crippen LogP) is 4.58. The standard InChI is InChI=1S/C33H35FN6O3/c1-18-10-23(24-15-35-21(4)36-16-24)12-25-30(20(3)41)38-39(31(18)25)17-29(42)40-27(13-33(5)14-28(33)40)32(43)37-19(2)11-22-8-6-7-9-26(22)34/h6-10,12,15-16,19,27-28H,11,13-14,17H2,1-5H3,(H,37,43)/t19?,27-,28+,33-/m0/s1. The van der Waals surface area contributed by atoms with Gasteiger partial charge in [0.25, 0.3) is 0 Å². The average Bonchev–Trinajstić information content (AvgIpc) is 3.30. The van der Waals surface area contributed by atoms with Gasteiger partial charge in [-0.3, -0.25) is 19.1 Å². The fraction of sp³-hybridized carbons (Fsp3) is 0.394. The van der Waals surface area contributed by atoms with Crippen LogP contribution in [0.15, 0.2) is 48.8 Å². The summed E-state index contributed by atoms with van der Waals surface area (Å²) < 4.78 is 15.8. The molecule has 2 aromatic heterocycles. The number of hydrogen-bond donors (Lipinski definition) is 1. The quantitative estimate of drug-likeness (QED) is 0.305. The number of aromatic nitrogens is 4. The number of likely N-dealkylation sites (tertiary alicyclic amines) is 1. The van der Waals surface area contributed by atoms with Gasteiger partial charge < -0.3 is 10.2 Å². The van der Waals surface area contributed by atoms with E-state index >= 15 is 0 Å². The van der Waals surface area contributed by atoms with Crippen LogP contribution in [0, 0.1) is 25.1 Å². The number of carbonyl (C=O) groups excluding carboxylic acids is 3. The monoisotopic (exact) mass is 582 g/mol.